The molecule has 3 heteroatoms. The standard InChI is InChI=1S/C10H16N2S/c1-11-7-6-10-12-8-4-2-3-5-9(8)13-10/h11H,2-7H2,1H3. The molecule has 72 valence electrons. The first-order chi connectivity index (χ1) is 6.40. The smallest absolute Gasteiger partial charge is 0.0943 e. The van der Waals surface area contributed by atoms with Gasteiger partial charge in [-0.1, -0.05) is 0 Å². The highest BCUT2D eigenvalue weighted by molar-refractivity contribution is 7.11. The summed E-state index contributed by atoms with van der Waals surface area (Å²) in [6.45, 7) is 1.05. The first-order valence-corrected chi connectivity index (χ1v) is 5.84. The summed E-state index contributed by atoms with van der Waals surface area (Å²) >= 11 is 1.92. The van der Waals surface area contributed by atoms with E-state index >= 15 is 0 Å². The lowest BCUT2D eigenvalue weighted by Crippen LogP contribution is -2.10. The third-order valence-electron chi connectivity index (χ3n) is 2.48. The third kappa shape index (κ3) is 2.09. The minimum absolute atomic E-state index is 1.05. The number of aromatic nitrogens is 1. The molecular formula is C10H16N2S. The van der Waals surface area contributed by atoms with E-state index in [1.54, 1.807) is 4.88 Å². The average molecular weight is 196 g/mol. The highest BCUT2D eigenvalue weighted by Gasteiger charge is 2.14. The Labute approximate surface area is 83.4 Å². The fraction of sp³-hybridized carbons (Fsp3) is 0.700. The maximum atomic E-state index is 4.67. The number of aryl methyl sites for hydroxylation is 2. The van der Waals surface area contributed by atoms with E-state index in [9.17, 15) is 0 Å². The molecule has 2 nitrogen and oxygen atoms in total. The highest BCUT2D eigenvalue weighted by Crippen LogP contribution is 2.26. The lowest BCUT2D eigenvalue weighted by Gasteiger charge is -2.06. The molecule has 0 unspecified atom stereocenters. The van der Waals surface area contributed by atoms with E-state index in [1.807, 2.05) is 18.4 Å². The lowest BCUT2D eigenvalue weighted by atomic mass is 10.0. The van der Waals surface area contributed by atoms with Crippen molar-refractivity contribution in [3.63, 3.8) is 0 Å². The molecular weight excluding hydrogens is 180 g/mol. The van der Waals surface area contributed by atoms with Gasteiger partial charge < -0.3 is 5.32 Å². The van der Waals surface area contributed by atoms with Crippen LogP contribution in [0, 0.1) is 0 Å². The molecule has 13 heavy (non-hydrogen) atoms. The van der Waals surface area contributed by atoms with Crippen LogP contribution in [-0.2, 0) is 19.3 Å². The first kappa shape index (κ1) is 9.16. The lowest BCUT2D eigenvalue weighted by molar-refractivity contribution is 0.679. The Morgan fingerprint density at radius 1 is 1.38 bits per heavy atom. The summed E-state index contributed by atoms with van der Waals surface area (Å²) in [7, 11) is 1.99. The Morgan fingerprint density at radius 3 is 3.00 bits per heavy atom. The molecule has 0 bridgehead atoms. The van der Waals surface area contributed by atoms with Crippen molar-refractivity contribution in [2.45, 2.75) is 32.1 Å². The summed E-state index contributed by atoms with van der Waals surface area (Å²) < 4.78 is 0. The summed E-state index contributed by atoms with van der Waals surface area (Å²) in [5.74, 6) is 0. The fourth-order valence-electron chi connectivity index (χ4n) is 1.74. The summed E-state index contributed by atoms with van der Waals surface area (Å²) in [6.07, 6.45) is 6.27. The van der Waals surface area contributed by atoms with Gasteiger partial charge in [-0.25, -0.2) is 4.98 Å². The quantitative estimate of drug-likeness (QED) is 0.797. The Kier molecular flexibility index (Phi) is 2.96. The van der Waals surface area contributed by atoms with E-state index in [-0.39, 0.29) is 0 Å². The summed E-state index contributed by atoms with van der Waals surface area (Å²) in [6, 6.07) is 0. The highest BCUT2D eigenvalue weighted by atomic mass is 32.1. The third-order valence-corrected chi connectivity index (χ3v) is 3.70. The second kappa shape index (κ2) is 4.20. The van der Waals surface area contributed by atoms with Gasteiger partial charge in [-0.15, -0.1) is 11.3 Å². The van der Waals surface area contributed by atoms with Crippen LogP contribution < -0.4 is 5.32 Å². The maximum absolute atomic E-state index is 4.67. The van der Waals surface area contributed by atoms with Crippen molar-refractivity contribution in [2.24, 2.45) is 0 Å². The van der Waals surface area contributed by atoms with Gasteiger partial charge >= 0.3 is 0 Å². The summed E-state index contributed by atoms with van der Waals surface area (Å²) in [5, 5.41) is 4.48. The van der Waals surface area contributed by atoms with Crippen LogP contribution in [-0.4, -0.2) is 18.6 Å². The molecule has 0 aliphatic heterocycles. The average Bonchev–Trinajstić information content (AvgIpc) is 2.57. The second-order valence-corrected chi connectivity index (χ2v) is 4.71. The van der Waals surface area contributed by atoms with E-state index in [2.05, 4.69) is 10.3 Å². The van der Waals surface area contributed by atoms with Gasteiger partial charge in [0.05, 0.1) is 10.7 Å². The predicted molar refractivity (Wildman–Crippen MR) is 56.4 cm³/mol. The number of fused-ring (bicyclic) bond motifs is 1. The number of nitrogens with zero attached hydrogens (tertiary/aromatic N) is 1. The molecule has 0 saturated carbocycles. The molecule has 0 amide bonds. The largest absolute Gasteiger partial charge is 0.319 e. The maximum Gasteiger partial charge on any atom is 0.0943 e. The van der Waals surface area contributed by atoms with E-state index in [1.165, 1.54) is 36.4 Å². The summed E-state index contributed by atoms with van der Waals surface area (Å²) in [5.41, 5.74) is 1.39. The molecule has 0 saturated heterocycles. The van der Waals surface area contributed by atoms with E-state index < -0.39 is 0 Å². The van der Waals surface area contributed by atoms with Crippen molar-refractivity contribution in [3.05, 3.63) is 15.6 Å². The minimum atomic E-state index is 1.05. The van der Waals surface area contributed by atoms with Crippen molar-refractivity contribution >= 4 is 11.3 Å². The Hall–Kier alpha value is -0.410. The SMILES string of the molecule is CNCCc1nc2c(s1)CCCC2. The van der Waals surface area contributed by atoms with Crippen LogP contribution in [0.25, 0.3) is 0 Å². The topological polar surface area (TPSA) is 24.9 Å². The molecule has 0 radical (unpaired) electrons. The number of nitrogens with one attached hydrogen (secondary N) is 1. The molecule has 0 atom stereocenters. The van der Waals surface area contributed by atoms with Gasteiger partial charge in [0.25, 0.3) is 0 Å². The first-order valence-electron chi connectivity index (χ1n) is 5.02. The van der Waals surface area contributed by atoms with Crippen LogP contribution >= 0.6 is 11.3 Å². The van der Waals surface area contributed by atoms with Gasteiger partial charge in [0.15, 0.2) is 0 Å². The van der Waals surface area contributed by atoms with Crippen LogP contribution in [0.15, 0.2) is 0 Å². The molecule has 1 heterocycles. The predicted octanol–water partition coefficient (Wildman–Crippen LogP) is 1.78. The Bertz CT molecular complexity index is 257. The van der Waals surface area contributed by atoms with Gasteiger partial charge in [0.1, 0.15) is 0 Å². The van der Waals surface area contributed by atoms with Crippen LogP contribution in [0.3, 0.4) is 0 Å². The molecule has 0 spiro atoms. The van der Waals surface area contributed by atoms with Gasteiger partial charge in [0, 0.05) is 17.8 Å². The van der Waals surface area contributed by atoms with Gasteiger partial charge in [-0.2, -0.15) is 0 Å². The van der Waals surface area contributed by atoms with Crippen LogP contribution in [0.1, 0.15) is 28.4 Å². The number of likely N-dealkylation sites (N-methyl/N-ethyl adjacent to an activating group) is 1. The monoisotopic (exact) mass is 196 g/mol. The van der Waals surface area contributed by atoms with Crippen LogP contribution in [0.5, 0.6) is 0 Å². The summed E-state index contributed by atoms with van der Waals surface area (Å²) in [4.78, 5) is 6.22. The Morgan fingerprint density at radius 2 is 2.23 bits per heavy atom. The second-order valence-electron chi connectivity index (χ2n) is 3.54. The van der Waals surface area contributed by atoms with Crippen molar-refractivity contribution in [3.8, 4) is 0 Å². The van der Waals surface area contributed by atoms with Crippen molar-refractivity contribution < 1.29 is 0 Å². The molecule has 2 rings (SSSR count). The number of thiazole rings is 1. The zero-order valence-electron chi connectivity index (χ0n) is 8.10. The number of rotatable bonds is 3. The number of hydrogen-bond acceptors (Lipinski definition) is 3. The normalized spacial score (nSPS) is 15.8. The van der Waals surface area contributed by atoms with Gasteiger partial charge in [-0.05, 0) is 32.7 Å². The Balaban J connectivity index is 2.07. The molecule has 1 aliphatic rings. The zero-order valence-corrected chi connectivity index (χ0v) is 8.91. The molecule has 0 aromatic carbocycles. The molecule has 1 aromatic heterocycles. The molecule has 1 aliphatic carbocycles. The van der Waals surface area contributed by atoms with E-state index in [4.69, 9.17) is 0 Å². The fourth-order valence-corrected chi connectivity index (χ4v) is 2.90. The van der Waals surface area contributed by atoms with Crippen molar-refractivity contribution in [1.29, 1.82) is 0 Å². The van der Waals surface area contributed by atoms with Crippen LogP contribution in [0.2, 0.25) is 0 Å². The molecule has 1 N–H and O–H groups in total. The number of hydrogen-bond donors (Lipinski definition) is 1. The van der Waals surface area contributed by atoms with Crippen molar-refractivity contribution in [2.75, 3.05) is 13.6 Å². The van der Waals surface area contributed by atoms with Gasteiger partial charge in [-0.3, -0.25) is 0 Å². The van der Waals surface area contributed by atoms with Gasteiger partial charge in [0.2, 0.25) is 0 Å². The van der Waals surface area contributed by atoms with Crippen LogP contribution in [0.4, 0.5) is 0 Å². The van der Waals surface area contributed by atoms with E-state index in [0.717, 1.165) is 13.0 Å². The minimum Gasteiger partial charge on any atom is -0.319 e. The van der Waals surface area contributed by atoms with Crippen molar-refractivity contribution in [1.82, 2.24) is 10.3 Å². The molecule has 1 aromatic rings. The molecule has 0 fully saturated rings. The zero-order chi connectivity index (χ0) is 9.10. The van der Waals surface area contributed by atoms with E-state index in [0.29, 0.717) is 0 Å².